The second-order valence-electron chi connectivity index (χ2n) is 5.82. The molecule has 1 aromatic rings. The number of phenolic OH excluding ortho intramolecular Hbond substituents is 1. The van der Waals surface area contributed by atoms with Crippen LogP contribution in [0.4, 0.5) is 22.0 Å². The van der Waals surface area contributed by atoms with Gasteiger partial charge in [0.25, 0.3) is 0 Å². The van der Waals surface area contributed by atoms with Crippen LogP contribution in [0.15, 0.2) is 12.1 Å². The van der Waals surface area contributed by atoms with Crippen LogP contribution in [0.5, 0.6) is 5.75 Å². The average molecular weight is 354 g/mol. The topological polar surface area (TPSA) is 66.8 Å². The van der Waals surface area contributed by atoms with Crippen molar-refractivity contribution >= 4 is 5.97 Å². The van der Waals surface area contributed by atoms with Crippen molar-refractivity contribution in [3.05, 3.63) is 29.3 Å². The standard InChI is InChI=1S/C15H15F5O4/c1-3-7-9(6-4-5-8(16)10(17)11(6)21)12(13(22)23)24-14(7,2)15(18,19)20/h4-5,7,9,12,21H,3H2,1-2H3,(H,22,23)/t7-,9+,12+,14+/m0/s1. The number of carbonyl (C=O) groups is 1. The van der Waals surface area contributed by atoms with Crippen molar-refractivity contribution in [2.24, 2.45) is 5.92 Å². The Labute approximate surface area is 133 Å². The molecule has 1 aromatic carbocycles. The Bertz CT molecular complexity index is 660. The largest absolute Gasteiger partial charge is 0.505 e. The number of alkyl halides is 3. The van der Waals surface area contributed by atoms with Gasteiger partial charge in [-0.15, -0.1) is 0 Å². The lowest BCUT2D eigenvalue weighted by molar-refractivity contribution is -0.275. The fourth-order valence-electron chi connectivity index (χ4n) is 3.31. The summed E-state index contributed by atoms with van der Waals surface area (Å²) in [6.07, 6.45) is -7.00. The number of phenols is 1. The summed E-state index contributed by atoms with van der Waals surface area (Å²) in [5.74, 6) is -8.83. The number of ether oxygens (including phenoxy) is 1. The molecule has 4 nitrogen and oxygen atoms in total. The van der Waals surface area contributed by atoms with Crippen molar-refractivity contribution in [2.45, 2.75) is 44.1 Å². The van der Waals surface area contributed by atoms with E-state index in [9.17, 15) is 37.0 Å². The van der Waals surface area contributed by atoms with Crippen LogP contribution < -0.4 is 0 Å². The van der Waals surface area contributed by atoms with Crippen molar-refractivity contribution in [3.8, 4) is 5.75 Å². The summed E-state index contributed by atoms with van der Waals surface area (Å²) < 4.78 is 71.9. The van der Waals surface area contributed by atoms with Gasteiger partial charge in [0.05, 0.1) is 0 Å². The van der Waals surface area contributed by atoms with E-state index in [-0.39, 0.29) is 6.42 Å². The zero-order valence-electron chi connectivity index (χ0n) is 12.7. The van der Waals surface area contributed by atoms with E-state index >= 15 is 0 Å². The van der Waals surface area contributed by atoms with Gasteiger partial charge in [0.2, 0.25) is 5.82 Å². The first-order chi connectivity index (χ1) is 11.0. The highest BCUT2D eigenvalue weighted by Crippen LogP contribution is 2.55. The van der Waals surface area contributed by atoms with Gasteiger partial charge < -0.3 is 14.9 Å². The normalized spacial score (nSPS) is 30.5. The molecule has 0 aliphatic carbocycles. The third-order valence-corrected chi connectivity index (χ3v) is 4.54. The van der Waals surface area contributed by atoms with Crippen molar-refractivity contribution in [2.75, 3.05) is 0 Å². The Morgan fingerprint density at radius 1 is 1.33 bits per heavy atom. The Balaban J connectivity index is 2.65. The maximum atomic E-state index is 13.6. The molecule has 0 radical (unpaired) electrons. The maximum absolute atomic E-state index is 13.6. The van der Waals surface area contributed by atoms with Crippen molar-refractivity contribution < 1.29 is 41.7 Å². The molecule has 1 heterocycles. The molecule has 24 heavy (non-hydrogen) atoms. The summed E-state index contributed by atoms with van der Waals surface area (Å²) in [6.45, 7) is 2.11. The van der Waals surface area contributed by atoms with Gasteiger partial charge in [-0.05, 0) is 19.4 Å². The van der Waals surface area contributed by atoms with E-state index in [1.807, 2.05) is 0 Å². The minimum absolute atomic E-state index is 0.150. The second kappa shape index (κ2) is 5.87. The predicted molar refractivity (Wildman–Crippen MR) is 71.5 cm³/mol. The van der Waals surface area contributed by atoms with Gasteiger partial charge in [-0.2, -0.15) is 17.6 Å². The number of benzene rings is 1. The molecule has 1 aliphatic heterocycles. The molecule has 2 rings (SSSR count). The minimum atomic E-state index is -4.88. The number of hydrogen-bond donors (Lipinski definition) is 2. The second-order valence-corrected chi connectivity index (χ2v) is 5.82. The lowest BCUT2D eigenvalue weighted by Crippen LogP contribution is -2.47. The third-order valence-electron chi connectivity index (χ3n) is 4.54. The summed E-state index contributed by atoms with van der Waals surface area (Å²) in [6, 6.07) is 1.50. The fraction of sp³-hybridized carbons (Fsp3) is 0.533. The van der Waals surface area contributed by atoms with E-state index in [1.165, 1.54) is 6.92 Å². The van der Waals surface area contributed by atoms with Crippen molar-refractivity contribution in [1.82, 2.24) is 0 Å². The molecule has 0 bridgehead atoms. The molecule has 0 unspecified atom stereocenters. The maximum Gasteiger partial charge on any atom is 0.417 e. The molecule has 2 N–H and O–H groups in total. The summed E-state index contributed by atoms with van der Waals surface area (Å²) in [4.78, 5) is 11.4. The van der Waals surface area contributed by atoms with E-state index in [0.29, 0.717) is 13.0 Å². The molecule has 1 saturated heterocycles. The number of carboxylic acid groups (broad SMARTS) is 1. The first-order valence-corrected chi connectivity index (χ1v) is 7.09. The first-order valence-electron chi connectivity index (χ1n) is 7.09. The van der Waals surface area contributed by atoms with Crippen molar-refractivity contribution in [1.29, 1.82) is 0 Å². The van der Waals surface area contributed by atoms with E-state index < -0.39 is 58.6 Å². The Kier molecular flexibility index (Phi) is 4.51. The van der Waals surface area contributed by atoms with E-state index in [1.54, 1.807) is 0 Å². The predicted octanol–water partition coefficient (Wildman–Crippen LogP) is 3.58. The summed E-state index contributed by atoms with van der Waals surface area (Å²) in [5.41, 5.74) is -3.23. The van der Waals surface area contributed by atoms with Gasteiger partial charge in [-0.3, -0.25) is 0 Å². The number of rotatable bonds is 3. The Hall–Kier alpha value is -1.90. The van der Waals surface area contributed by atoms with E-state index in [0.717, 1.165) is 6.07 Å². The lowest BCUT2D eigenvalue weighted by Gasteiger charge is -2.33. The van der Waals surface area contributed by atoms with Crippen LogP contribution in [0.3, 0.4) is 0 Å². The Morgan fingerprint density at radius 3 is 2.38 bits per heavy atom. The monoisotopic (exact) mass is 354 g/mol. The average Bonchev–Trinajstić information content (AvgIpc) is 2.79. The van der Waals surface area contributed by atoms with Crippen LogP contribution in [-0.2, 0) is 9.53 Å². The molecular formula is C15H15F5O4. The molecule has 0 spiro atoms. The summed E-state index contributed by atoms with van der Waals surface area (Å²) in [7, 11) is 0. The Morgan fingerprint density at radius 2 is 1.92 bits per heavy atom. The fourth-order valence-corrected chi connectivity index (χ4v) is 3.31. The van der Waals surface area contributed by atoms with Crippen LogP contribution in [0.1, 0.15) is 31.7 Å². The number of aromatic hydroxyl groups is 1. The number of carboxylic acids is 1. The van der Waals surface area contributed by atoms with Crippen LogP contribution in [0.2, 0.25) is 0 Å². The summed E-state index contributed by atoms with van der Waals surface area (Å²) >= 11 is 0. The molecule has 134 valence electrons. The number of hydrogen-bond acceptors (Lipinski definition) is 3. The van der Waals surface area contributed by atoms with E-state index in [2.05, 4.69) is 0 Å². The lowest BCUT2D eigenvalue weighted by atomic mass is 9.74. The molecule has 1 aliphatic rings. The van der Waals surface area contributed by atoms with Gasteiger partial charge in [0.1, 0.15) is 0 Å². The van der Waals surface area contributed by atoms with Crippen molar-refractivity contribution in [3.63, 3.8) is 0 Å². The zero-order valence-corrected chi connectivity index (χ0v) is 12.7. The molecule has 0 aromatic heterocycles. The highest BCUT2D eigenvalue weighted by molar-refractivity contribution is 5.75. The molecule has 1 fully saturated rings. The third kappa shape index (κ3) is 2.60. The van der Waals surface area contributed by atoms with Crippen LogP contribution in [-0.4, -0.2) is 34.1 Å². The van der Waals surface area contributed by atoms with Crippen LogP contribution in [0, 0.1) is 17.6 Å². The highest BCUT2D eigenvalue weighted by atomic mass is 19.4. The SMILES string of the molecule is CC[C@H]1[C@@H](c2ccc(F)c(F)c2O)[C@H](C(=O)O)O[C@@]1(C)C(F)(F)F. The van der Waals surface area contributed by atoms with Gasteiger partial charge in [0, 0.05) is 17.4 Å². The van der Waals surface area contributed by atoms with Gasteiger partial charge >= 0.3 is 12.1 Å². The van der Waals surface area contributed by atoms with Gasteiger partial charge in [-0.25, -0.2) is 9.18 Å². The molecule has 0 amide bonds. The molecular weight excluding hydrogens is 339 g/mol. The smallest absolute Gasteiger partial charge is 0.417 e. The number of aliphatic carboxylic acids is 1. The molecule has 9 heteroatoms. The molecule has 4 atom stereocenters. The van der Waals surface area contributed by atoms with E-state index in [4.69, 9.17) is 4.74 Å². The summed E-state index contributed by atoms with van der Waals surface area (Å²) in [5, 5.41) is 19.0. The first kappa shape index (κ1) is 18.4. The quantitative estimate of drug-likeness (QED) is 0.815. The van der Waals surface area contributed by atoms with Crippen LogP contribution >= 0.6 is 0 Å². The molecule has 0 saturated carbocycles. The highest BCUT2D eigenvalue weighted by Gasteiger charge is 2.66. The zero-order chi connectivity index (χ0) is 18.4. The van der Waals surface area contributed by atoms with Crippen LogP contribution in [0.25, 0.3) is 0 Å². The van der Waals surface area contributed by atoms with Gasteiger partial charge in [-0.1, -0.05) is 13.0 Å². The number of halogens is 5. The van der Waals surface area contributed by atoms with Gasteiger partial charge in [0.15, 0.2) is 23.3 Å². The minimum Gasteiger partial charge on any atom is -0.505 e.